The molecule has 21 heavy (non-hydrogen) atoms. The molecule has 1 aliphatic rings. The minimum absolute atomic E-state index is 0.104. The summed E-state index contributed by atoms with van der Waals surface area (Å²) < 4.78 is 5.35. The van der Waals surface area contributed by atoms with Crippen LogP contribution in [-0.4, -0.2) is 49.2 Å². The van der Waals surface area contributed by atoms with Gasteiger partial charge in [0.25, 0.3) is 0 Å². The van der Waals surface area contributed by atoms with Gasteiger partial charge < -0.3 is 25.9 Å². The topological polar surface area (TPSA) is 83.1 Å². The molecule has 116 valence electrons. The van der Waals surface area contributed by atoms with Crippen LogP contribution in [0.2, 0.25) is 0 Å². The summed E-state index contributed by atoms with van der Waals surface area (Å²) in [5, 5.41) is 15.2. The second kappa shape index (κ2) is 7.28. The van der Waals surface area contributed by atoms with Crippen molar-refractivity contribution in [2.24, 2.45) is 10.9 Å². The molecule has 0 heterocycles. The molecule has 2 rings (SSSR count). The van der Waals surface area contributed by atoms with Gasteiger partial charge in [0.1, 0.15) is 5.75 Å². The first-order valence-corrected chi connectivity index (χ1v) is 7.21. The van der Waals surface area contributed by atoms with Crippen LogP contribution >= 0.6 is 0 Å². The second-order valence-corrected chi connectivity index (χ2v) is 5.40. The SMILES string of the molecule is COc1ccc(/C(N)=N/O)cc1CNCCN(C)C1CC1. The highest BCUT2D eigenvalue weighted by Crippen LogP contribution is 2.24. The van der Waals surface area contributed by atoms with Gasteiger partial charge in [-0.1, -0.05) is 5.16 Å². The summed E-state index contributed by atoms with van der Waals surface area (Å²) in [6.45, 7) is 2.64. The Kier molecular flexibility index (Phi) is 5.41. The number of methoxy groups -OCH3 is 1. The fourth-order valence-electron chi connectivity index (χ4n) is 2.31. The Morgan fingerprint density at radius 3 is 2.90 bits per heavy atom. The lowest BCUT2D eigenvalue weighted by atomic mass is 10.1. The van der Waals surface area contributed by atoms with E-state index in [2.05, 4.69) is 22.4 Å². The molecule has 1 saturated carbocycles. The van der Waals surface area contributed by atoms with Gasteiger partial charge in [-0.3, -0.25) is 0 Å². The molecule has 6 heteroatoms. The molecular weight excluding hydrogens is 268 g/mol. The van der Waals surface area contributed by atoms with Crippen molar-refractivity contribution in [3.05, 3.63) is 29.3 Å². The third-order valence-electron chi connectivity index (χ3n) is 3.81. The summed E-state index contributed by atoms with van der Waals surface area (Å²) in [7, 11) is 3.81. The highest BCUT2D eigenvalue weighted by Gasteiger charge is 2.25. The molecule has 4 N–H and O–H groups in total. The standard InChI is InChI=1S/C15H24N4O2/c1-19(13-4-5-13)8-7-17-10-12-9-11(15(16)18-20)3-6-14(12)21-2/h3,6,9,13,17,20H,4-5,7-8,10H2,1-2H3,(H2,16,18). The predicted octanol–water partition coefficient (Wildman–Crippen LogP) is 0.974. The van der Waals surface area contributed by atoms with E-state index in [1.807, 2.05) is 12.1 Å². The number of nitrogens with one attached hydrogen (secondary N) is 1. The number of likely N-dealkylation sites (N-methyl/N-ethyl adjacent to an activating group) is 1. The van der Waals surface area contributed by atoms with Crippen molar-refractivity contribution in [1.29, 1.82) is 0 Å². The molecular formula is C15H24N4O2. The van der Waals surface area contributed by atoms with E-state index < -0.39 is 0 Å². The van der Waals surface area contributed by atoms with Crippen LogP contribution < -0.4 is 15.8 Å². The minimum atomic E-state index is 0.104. The van der Waals surface area contributed by atoms with E-state index in [1.54, 1.807) is 13.2 Å². The molecule has 0 bridgehead atoms. The minimum Gasteiger partial charge on any atom is -0.496 e. The zero-order valence-corrected chi connectivity index (χ0v) is 12.7. The molecule has 6 nitrogen and oxygen atoms in total. The molecule has 0 amide bonds. The zero-order valence-electron chi connectivity index (χ0n) is 12.7. The number of rotatable bonds is 8. The van der Waals surface area contributed by atoms with Crippen LogP contribution in [0.25, 0.3) is 0 Å². The lowest BCUT2D eigenvalue weighted by Crippen LogP contribution is -2.30. The average molecular weight is 292 g/mol. The number of hydrogen-bond acceptors (Lipinski definition) is 5. The van der Waals surface area contributed by atoms with Crippen LogP contribution in [0.3, 0.4) is 0 Å². The van der Waals surface area contributed by atoms with Crippen molar-refractivity contribution < 1.29 is 9.94 Å². The van der Waals surface area contributed by atoms with Gasteiger partial charge in [-0.25, -0.2) is 0 Å². The summed E-state index contributed by atoms with van der Waals surface area (Å²) in [5.41, 5.74) is 7.30. The van der Waals surface area contributed by atoms with Crippen molar-refractivity contribution in [3.63, 3.8) is 0 Å². The predicted molar refractivity (Wildman–Crippen MR) is 82.9 cm³/mol. The Morgan fingerprint density at radius 1 is 1.52 bits per heavy atom. The van der Waals surface area contributed by atoms with Crippen molar-refractivity contribution in [2.75, 3.05) is 27.2 Å². The van der Waals surface area contributed by atoms with E-state index in [1.165, 1.54) is 12.8 Å². The maximum Gasteiger partial charge on any atom is 0.170 e. The lowest BCUT2D eigenvalue weighted by molar-refractivity contribution is 0.318. The fourth-order valence-corrected chi connectivity index (χ4v) is 2.31. The molecule has 0 radical (unpaired) electrons. The van der Waals surface area contributed by atoms with Crippen molar-refractivity contribution in [2.45, 2.75) is 25.4 Å². The third kappa shape index (κ3) is 4.34. The van der Waals surface area contributed by atoms with Gasteiger partial charge in [-0.15, -0.1) is 0 Å². The van der Waals surface area contributed by atoms with Crippen molar-refractivity contribution >= 4 is 5.84 Å². The molecule has 1 aliphatic carbocycles. The van der Waals surface area contributed by atoms with Gasteiger partial charge in [0.2, 0.25) is 0 Å². The highest BCUT2D eigenvalue weighted by atomic mass is 16.5. The van der Waals surface area contributed by atoms with Crippen molar-refractivity contribution in [1.82, 2.24) is 10.2 Å². The summed E-state index contributed by atoms with van der Waals surface area (Å²) >= 11 is 0. The summed E-state index contributed by atoms with van der Waals surface area (Å²) in [5.74, 6) is 0.903. The van der Waals surface area contributed by atoms with Crippen LogP contribution in [0.5, 0.6) is 5.75 Å². The van der Waals surface area contributed by atoms with E-state index in [9.17, 15) is 0 Å². The highest BCUT2D eigenvalue weighted by molar-refractivity contribution is 5.97. The van der Waals surface area contributed by atoms with Crippen LogP contribution in [0.1, 0.15) is 24.0 Å². The van der Waals surface area contributed by atoms with Crippen LogP contribution in [-0.2, 0) is 6.54 Å². The van der Waals surface area contributed by atoms with E-state index in [4.69, 9.17) is 15.7 Å². The fraction of sp³-hybridized carbons (Fsp3) is 0.533. The van der Waals surface area contributed by atoms with Gasteiger partial charge >= 0.3 is 0 Å². The van der Waals surface area contributed by atoms with E-state index in [0.717, 1.165) is 30.4 Å². The van der Waals surface area contributed by atoms with Crippen LogP contribution in [0, 0.1) is 0 Å². The molecule has 1 aromatic carbocycles. The quantitative estimate of drug-likeness (QED) is 0.219. The number of nitrogens with zero attached hydrogens (tertiary/aromatic N) is 2. The van der Waals surface area contributed by atoms with Gasteiger partial charge in [0.15, 0.2) is 5.84 Å². The molecule has 1 fully saturated rings. The molecule has 0 spiro atoms. The van der Waals surface area contributed by atoms with E-state index >= 15 is 0 Å². The normalized spacial score (nSPS) is 15.5. The van der Waals surface area contributed by atoms with Gasteiger partial charge in [-0.2, -0.15) is 0 Å². The summed E-state index contributed by atoms with van der Waals surface area (Å²) in [6.07, 6.45) is 2.65. The lowest BCUT2D eigenvalue weighted by Gasteiger charge is -2.16. The largest absolute Gasteiger partial charge is 0.496 e. The zero-order chi connectivity index (χ0) is 15.2. The molecule has 0 aromatic heterocycles. The second-order valence-electron chi connectivity index (χ2n) is 5.40. The van der Waals surface area contributed by atoms with Crippen molar-refractivity contribution in [3.8, 4) is 5.75 Å². The number of ether oxygens (including phenoxy) is 1. The molecule has 0 unspecified atom stereocenters. The smallest absolute Gasteiger partial charge is 0.170 e. The Balaban J connectivity index is 1.90. The van der Waals surface area contributed by atoms with Gasteiger partial charge in [0, 0.05) is 36.8 Å². The maximum atomic E-state index is 8.75. The van der Waals surface area contributed by atoms with E-state index in [0.29, 0.717) is 12.1 Å². The van der Waals surface area contributed by atoms with E-state index in [-0.39, 0.29) is 5.84 Å². The third-order valence-corrected chi connectivity index (χ3v) is 3.81. The Labute approximate surface area is 125 Å². The van der Waals surface area contributed by atoms with Crippen LogP contribution in [0.4, 0.5) is 0 Å². The van der Waals surface area contributed by atoms with Crippen LogP contribution in [0.15, 0.2) is 23.4 Å². The molecule has 0 atom stereocenters. The van der Waals surface area contributed by atoms with Gasteiger partial charge in [-0.05, 0) is 38.1 Å². The number of oxime groups is 1. The number of benzene rings is 1. The molecule has 1 aromatic rings. The Morgan fingerprint density at radius 2 is 2.29 bits per heavy atom. The number of amidine groups is 1. The molecule has 0 aliphatic heterocycles. The monoisotopic (exact) mass is 292 g/mol. The first-order valence-electron chi connectivity index (χ1n) is 7.21. The van der Waals surface area contributed by atoms with Gasteiger partial charge in [0.05, 0.1) is 7.11 Å². The Hall–Kier alpha value is -1.79. The maximum absolute atomic E-state index is 8.75. The first kappa shape index (κ1) is 15.6. The Bertz CT molecular complexity index is 500. The summed E-state index contributed by atoms with van der Waals surface area (Å²) in [4.78, 5) is 2.39. The number of nitrogens with two attached hydrogens (primary N) is 1. The average Bonchev–Trinajstić information content (AvgIpc) is 3.35. The first-order chi connectivity index (χ1) is 10.2. The molecule has 0 saturated heterocycles. The number of hydrogen-bond donors (Lipinski definition) is 3. The summed E-state index contributed by atoms with van der Waals surface area (Å²) in [6, 6.07) is 6.27.